The van der Waals surface area contributed by atoms with E-state index in [9.17, 15) is 4.79 Å². The van der Waals surface area contributed by atoms with Gasteiger partial charge in [0.2, 0.25) is 5.91 Å². The molecule has 0 saturated carbocycles. The molecule has 1 amide bonds. The summed E-state index contributed by atoms with van der Waals surface area (Å²) in [6, 6.07) is 24.1. The third-order valence-electron chi connectivity index (χ3n) is 4.87. The zero-order valence-corrected chi connectivity index (χ0v) is 17.1. The predicted octanol–water partition coefficient (Wildman–Crippen LogP) is 5.65. The number of benzene rings is 2. The predicted molar refractivity (Wildman–Crippen MR) is 115 cm³/mol. The molecular formula is C24H27ClN2O. The van der Waals surface area contributed by atoms with Gasteiger partial charge in [0.05, 0.1) is 6.54 Å². The van der Waals surface area contributed by atoms with Gasteiger partial charge in [0.1, 0.15) is 5.38 Å². The summed E-state index contributed by atoms with van der Waals surface area (Å²) in [4.78, 5) is 15.0. The zero-order valence-electron chi connectivity index (χ0n) is 16.3. The van der Waals surface area contributed by atoms with Crippen LogP contribution in [0.4, 0.5) is 0 Å². The number of carbonyl (C=O) groups excluding carboxylic acids is 1. The highest BCUT2D eigenvalue weighted by Crippen LogP contribution is 2.24. The molecule has 0 bridgehead atoms. The minimum atomic E-state index is -0.657. The van der Waals surface area contributed by atoms with Crippen molar-refractivity contribution >= 4 is 17.5 Å². The van der Waals surface area contributed by atoms with Crippen LogP contribution in [0.5, 0.6) is 0 Å². The fourth-order valence-corrected chi connectivity index (χ4v) is 3.55. The van der Waals surface area contributed by atoms with E-state index in [2.05, 4.69) is 35.9 Å². The molecule has 0 saturated heterocycles. The van der Waals surface area contributed by atoms with Gasteiger partial charge in [0.15, 0.2) is 0 Å². The smallest absolute Gasteiger partial charge is 0.245 e. The van der Waals surface area contributed by atoms with Crippen LogP contribution in [0.3, 0.4) is 0 Å². The average molecular weight is 395 g/mol. The molecule has 3 aromatic rings. The van der Waals surface area contributed by atoms with E-state index in [0.717, 1.165) is 30.6 Å². The zero-order chi connectivity index (χ0) is 19.8. The van der Waals surface area contributed by atoms with Crippen molar-refractivity contribution in [2.75, 3.05) is 6.54 Å². The highest BCUT2D eigenvalue weighted by atomic mass is 35.5. The minimum absolute atomic E-state index is 0.0335. The van der Waals surface area contributed by atoms with E-state index in [4.69, 9.17) is 11.6 Å². The van der Waals surface area contributed by atoms with E-state index in [1.54, 1.807) is 0 Å². The third-order valence-corrected chi connectivity index (χ3v) is 5.31. The molecule has 0 aliphatic rings. The summed E-state index contributed by atoms with van der Waals surface area (Å²) in [6.45, 7) is 4.20. The summed E-state index contributed by atoms with van der Waals surface area (Å²) >= 11 is 6.54. The van der Waals surface area contributed by atoms with Crippen molar-refractivity contribution in [2.24, 2.45) is 0 Å². The second-order valence-corrected chi connectivity index (χ2v) is 7.44. The number of alkyl halides is 1. The molecule has 0 aliphatic heterocycles. The van der Waals surface area contributed by atoms with Gasteiger partial charge in [-0.25, -0.2) is 0 Å². The van der Waals surface area contributed by atoms with E-state index >= 15 is 0 Å². The first-order valence-corrected chi connectivity index (χ1v) is 10.3. The van der Waals surface area contributed by atoms with Gasteiger partial charge < -0.3 is 9.47 Å². The van der Waals surface area contributed by atoms with Crippen LogP contribution >= 0.6 is 11.6 Å². The number of halogens is 1. The number of unbranched alkanes of at least 4 members (excludes halogenated alkanes) is 1. The molecular weight excluding hydrogens is 368 g/mol. The van der Waals surface area contributed by atoms with Crippen molar-refractivity contribution in [3.8, 4) is 0 Å². The lowest BCUT2D eigenvalue weighted by Gasteiger charge is -2.26. The van der Waals surface area contributed by atoms with Crippen LogP contribution in [0.25, 0.3) is 0 Å². The van der Waals surface area contributed by atoms with E-state index in [1.807, 2.05) is 59.5 Å². The Balaban J connectivity index is 1.76. The summed E-state index contributed by atoms with van der Waals surface area (Å²) < 4.78 is 2.20. The standard InChI is InChI=1S/C24H27ClN2O/c1-2-3-16-27(24(28)23(25)21-13-8-5-9-14-21)19-22-15-10-17-26(22)18-20-11-6-4-7-12-20/h4-15,17,23H,2-3,16,18-19H2,1H3. The first kappa shape index (κ1) is 20.2. The number of rotatable bonds is 9. The molecule has 146 valence electrons. The van der Waals surface area contributed by atoms with Crippen molar-refractivity contribution in [1.29, 1.82) is 0 Å². The van der Waals surface area contributed by atoms with Gasteiger partial charge in [-0.1, -0.05) is 74.0 Å². The number of aromatic nitrogens is 1. The van der Waals surface area contributed by atoms with Gasteiger partial charge in [-0.15, -0.1) is 11.6 Å². The number of nitrogens with zero attached hydrogens (tertiary/aromatic N) is 2. The molecule has 0 fully saturated rings. The van der Waals surface area contributed by atoms with Crippen LogP contribution in [0, 0.1) is 0 Å². The Bertz CT molecular complexity index is 861. The van der Waals surface area contributed by atoms with Crippen LogP contribution in [-0.2, 0) is 17.9 Å². The largest absolute Gasteiger partial charge is 0.345 e. The van der Waals surface area contributed by atoms with Gasteiger partial charge in [-0.2, -0.15) is 0 Å². The topological polar surface area (TPSA) is 25.2 Å². The molecule has 0 N–H and O–H groups in total. The van der Waals surface area contributed by atoms with E-state index in [-0.39, 0.29) is 5.91 Å². The maximum absolute atomic E-state index is 13.1. The van der Waals surface area contributed by atoms with E-state index < -0.39 is 5.38 Å². The maximum Gasteiger partial charge on any atom is 0.245 e. The van der Waals surface area contributed by atoms with Crippen LogP contribution < -0.4 is 0 Å². The second-order valence-electron chi connectivity index (χ2n) is 7.00. The Kier molecular flexibility index (Phi) is 7.32. The van der Waals surface area contributed by atoms with Crippen LogP contribution in [0.1, 0.15) is 42.0 Å². The lowest BCUT2D eigenvalue weighted by molar-refractivity contribution is -0.131. The van der Waals surface area contributed by atoms with Crippen LogP contribution in [0.2, 0.25) is 0 Å². The summed E-state index contributed by atoms with van der Waals surface area (Å²) in [5.74, 6) is -0.0335. The Morgan fingerprint density at radius 3 is 2.36 bits per heavy atom. The van der Waals surface area contributed by atoms with Crippen molar-refractivity contribution in [3.63, 3.8) is 0 Å². The lowest BCUT2D eigenvalue weighted by Crippen LogP contribution is -2.34. The summed E-state index contributed by atoms with van der Waals surface area (Å²) in [7, 11) is 0. The normalized spacial score (nSPS) is 11.9. The molecule has 3 nitrogen and oxygen atoms in total. The third kappa shape index (κ3) is 5.26. The molecule has 0 aliphatic carbocycles. The highest BCUT2D eigenvalue weighted by molar-refractivity contribution is 6.30. The molecule has 4 heteroatoms. The minimum Gasteiger partial charge on any atom is -0.345 e. The lowest BCUT2D eigenvalue weighted by atomic mass is 10.1. The summed E-state index contributed by atoms with van der Waals surface area (Å²) in [6.07, 6.45) is 4.07. The molecule has 2 aromatic carbocycles. The first-order valence-electron chi connectivity index (χ1n) is 9.84. The van der Waals surface area contributed by atoms with Crippen molar-refractivity contribution in [2.45, 2.75) is 38.2 Å². The van der Waals surface area contributed by atoms with Gasteiger partial charge in [-0.3, -0.25) is 4.79 Å². The highest BCUT2D eigenvalue weighted by Gasteiger charge is 2.24. The molecule has 1 unspecified atom stereocenters. The molecule has 1 atom stereocenters. The Labute approximate surface area is 172 Å². The summed E-state index contributed by atoms with van der Waals surface area (Å²) in [5, 5.41) is -0.657. The maximum atomic E-state index is 13.1. The van der Waals surface area contributed by atoms with Gasteiger partial charge in [-0.05, 0) is 29.7 Å². The van der Waals surface area contributed by atoms with Gasteiger partial charge >= 0.3 is 0 Å². The van der Waals surface area contributed by atoms with Crippen LogP contribution in [0.15, 0.2) is 79.0 Å². The van der Waals surface area contributed by atoms with Crippen molar-refractivity contribution < 1.29 is 4.79 Å². The fourth-order valence-electron chi connectivity index (χ4n) is 3.26. The van der Waals surface area contributed by atoms with Crippen molar-refractivity contribution in [3.05, 3.63) is 95.8 Å². The second kappa shape index (κ2) is 10.1. The monoisotopic (exact) mass is 394 g/mol. The first-order chi connectivity index (χ1) is 13.7. The number of hydrogen-bond acceptors (Lipinski definition) is 1. The van der Waals surface area contributed by atoms with E-state index in [1.165, 1.54) is 5.56 Å². The van der Waals surface area contributed by atoms with Crippen LogP contribution in [-0.4, -0.2) is 21.9 Å². The number of hydrogen-bond donors (Lipinski definition) is 0. The molecule has 0 radical (unpaired) electrons. The SMILES string of the molecule is CCCCN(Cc1cccn1Cc1ccccc1)C(=O)C(Cl)c1ccccc1. The Hall–Kier alpha value is -2.52. The number of amides is 1. The fraction of sp³-hybridized carbons (Fsp3) is 0.292. The van der Waals surface area contributed by atoms with Gasteiger partial charge in [0.25, 0.3) is 0 Å². The molecule has 1 aromatic heterocycles. The number of carbonyl (C=O) groups is 1. The molecule has 3 rings (SSSR count). The Morgan fingerprint density at radius 2 is 1.68 bits per heavy atom. The van der Waals surface area contributed by atoms with Crippen molar-refractivity contribution in [1.82, 2.24) is 9.47 Å². The molecule has 1 heterocycles. The Morgan fingerprint density at radius 1 is 1.00 bits per heavy atom. The quantitative estimate of drug-likeness (QED) is 0.431. The summed E-state index contributed by atoms with van der Waals surface area (Å²) in [5.41, 5.74) is 3.20. The average Bonchev–Trinajstić information content (AvgIpc) is 3.18. The van der Waals surface area contributed by atoms with E-state index in [0.29, 0.717) is 13.1 Å². The molecule has 0 spiro atoms. The van der Waals surface area contributed by atoms with Gasteiger partial charge in [0, 0.05) is 25.0 Å². The molecule has 28 heavy (non-hydrogen) atoms.